The van der Waals surface area contributed by atoms with Gasteiger partial charge in [0.15, 0.2) is 0 Å². The number of thioether (sulfide) groups is 8. The fourth-order valence-corrected chi connectivity index (χ4v) is 15.2. The van der Waals surface area contributed by atoms with Gasteiger partial charge in [-0.25, -0.2) is 0 Å². The quantitative estimate of drug-likeness (QED) is 0.0281. The number of rotatable bonds is 59. The van der Waals surface area contributed by atoms with Gasteiger partial charge in [0.25, 0.3) is 0 Å². The van der Waals surface area contributed by atoms with E-state index >= 15 is 0 Å². The Morgan fingerprint density at radius 3 is 0.818 bits per heavy atom. The Morgan fingerprint density at radius 1 is 0.364 bits per heavy atom. The van der Waals surface area contributed by atoms with Gasteiger partial charge in [0.2, 0.25) is 17.5 Å². The van der Waals surface area contributed by atoms with E-state index in [0.717, 1.165) is 39.0 Å². The van der Waals surface area contributed by atoms with Gasteiger partial charge in [0.1, 0.15) is 77.3 Å². The molecule has 99 heavy (non-hydrogen) atoms. The van der Waals surface area contributed by atoms with E-state index in [1.807, 2.05) is 0 Å². The minimum Gasteiger partial charge on any atom is -0.471 e. The van der Waals surface area contributed by atoms with Crippen LogP contribution in [0.1, 0.15) is 70.6 Å². The molecule has 4 aliphatic heterocycles. The van der Waals surface area contributed by atoms with Crippen molar-refractivity contribution < 1.29 is 114 Å². The average Bonchev–Trinajstić information content (AvgIpc) is 1.81. The second kappa shape index (κ2) is 60.0. The van der Waals surface area contributed by atoms with Crippen molar-refractivity contribution >= 4 is 208 Å². The molecule has 0 saturated carbocycles. The third-order valence-electron chi connectivity index (χ3n) is 12.9. The van der Waals surface area contributed by atoms with E-state index in [1.165, 1.54) is 101 Å². The van der Waals surface area contributed by atoms with Crippen molar-refractivity contribution in [3.05, 3.63) is 0 Å². The molecule has 0 aromatic heterocycles. The summed E-state index contributed by atoms with van der Waals surface area (Å²) in [5, 5.41) is 3.29. The molecule has 0 aromatic carbocycles. The van der Waals surface area contributed by atoms with E-state index < -0.39 is 29.3 Å². The molecule has 0 aliphatic carbocycles. The van der Waals surface area contributed by atoms with E-state index in [9.17, 15) is 38.4 Å². The molecule has 0 radical (unpaired) electrons. The van der Waals surface area contributed by atoms with E-state index in [0.29, 0.717) is 86.6 Å². The van der Waals surface area contributed by atoms with Crippen LogP contribution in [0.4, 0.5) is 0 Å². The molecule has 4 saturated heterocycles. The summed E-state index contributed by atoms with van der Waals surface area (Å²) in [4.78, 5) is 99.1. The first kappa shape index (κ1) is 91.1. The Bertz CT molecular complexity index is 2090. The summed E-state index contributed by atoms with van der Waals surface area (Å²) >= 11 is 31.2. The molecule has 4 heterocycles. The van der Waals surface area contributed by atoms with Crippen LogP contribution in [-0.2, 0) is 114 Å². The van der Waals surface area contributed by atoms with Crippen LogP contribution in [0.25, 0.3) is 0 Å². The van der Waals surface area contributed by atoms with Crippen LogP contribution in [0.2, 0.25) is 0 Å². The van der Waals surface area contributed by atoms with Crippen LogP contribution in [0.3, 0.4) is 0 Å². The van der Waals surface area contributed by atoms with E-state index in [1.54, 1.807) is 0 Å². The van der Waals surface area contributed by atoms with Crippen molar-refractivity contribution in [3.8, 4) is 0 Å². The molecule has 0 aromatic rings. The molecule has 0 spiro atoms. The first-order valence-corrected chi connectivity index (χ1v) is 42.5. The molecule has 4 aliphatic rings. The standard InChI is InChI=1S/C53H76O24S12.C7H19N3/c54-41(1-17-82-21-5-45(58)70-25-37-29-86-49(78)74-37)66-13-9-62-33-53(34-63-10-14-67-42(55)2-18-83-22-6-46(59)71-26-38-30-87-50(79)75-38,35-64-11-15-68-43(56)3-19-84-23-7-47(60)72-27-39-31-88-51(80)76-39)36-65-12-16-69-44(57)4-20-85-24-8-48(61)73-28-40-32-89-52(81)77-40;8-4-1-2-6-10-7-3-5-9/h37-40H,1-36H2;10H,1-9H2. The lowest BCUT2D eigenvalue weighted by molar-refractivity contribution is -0.151. The maximum Gasteiger partial charge on any atom is 0.306 e. The summed E-state index contributed by atoms with van der Waals surface area (Å²) in [7, 11) is 0. The van der Waals surface area contributed by atoms with Crippen molar-refractivity contribution in [1.29, 1.82) is 0 Å². The Kier molecular flexibility index (Phi) is 55.2. The Morgan fingerprint density at radius 2 is 0.596 bits per heavy atom. The number of esters is 8. The number of thiocarbonyl (C=S) groups is 4. The van der Waals surface area contributed by atoms with Crippen LogP contribution >= 0.6 is 143 Å². The van der Waals surface area contributed by atoms with Gasteiger partial charge in [-0.05, 0) is 94.3 Å². The number of nitrogens with two attached hydrogens (primary N) is 2. The normalized spacial score (nSPS) is 17.6. The zero-order valence-corrected chi connectivity index (χ0v) is 65.4. The third kappa shape index (κ3) is 50.8. The molecule has 4 atom stereocenters. The van der Waals surface area contributed by atoms with Crippen LogP contribution in [0.5, 0.6) is 0 Å². The lowest BCUT2D eigenvalue weighted by atomic mass is 9.92. The number of nitrogens with one attached hydrogen (secondary N) is 1. The average molecular weight is 1630 g/mol. The van der Waals surface area contributed by atoms with Gasteiger partial charge < -0.3 is 92.6 Å². The van der Waals surface area contributed by atoms with Crippen molar-refractivity contribution in [1.82, 2.24) is 5.32 Å². The summed E-state index contributed by atoms with van der Waals surface area (Å²) in [6.07, 6.45) is 3.41. The van der Waals surface area contributed by atoms with Crippen LogP contribution in [-0.4, -0.2) is 291 Å². The highest BCUT2D eigenvalue weighted by molar-refractivity contribution is 8.24. The predicted molar refractivity (Wildman–Crippen MR) is 404 cm³/mol. The van der Waals surface area contributed by atoms with E-state index in [-0.39, 0.29) is 205 Å². The molecule has 39 heteroatoms. The van der Waals surface area contributed by atoms with Gasteiger partial charge in [0.05, 0.1) is 110 Å². The maximum atomic E-state index is 12.6. The highest BCUT2D eigenvalue weighted by atomic mass is 32.2. The number of hydrogen-bond acceptors (Lipinski definition) is 39. The van der Waals surface area contributed by atoms with Gasteiger partial charge in [-0.3, -0.25) is 38.4 Å². The first-order valence-electron chi connectivity index (χ1n) is 32.3. The van der Waals surface area contributed by atoms with Crippen LogP contribution < -0.4 is 16.8 Å². The maximum absolute atomic E-state index is 12.6. The molecule has 0 amide bonds. The number of unbranched alkanes of at least 4 members (excludes halogenated alkanes) is 1. The summed E-state index contributed by atoms with van der Waals surface area (Å²) in [5.41, 5.74) is 9.57. The Balaban J connectivity index is 0.00000235. The van der Waals surface area contributed by atoms with Crippen LogP contribution in [0, 0.1) is 5.41 Å². The highest BCUT2D eigenvalue weighted by Gasteiger charge is 2.34. The second-order valence-corrected chi connectivity index (χ2v) is 32.8. The Labute approximate surface area is 635 Å². The lowest BCUT2D eigenvalue weighted by Gasteiger charge is -2.33. The number of hydrogen-bond donors (Lipinski definition) is 3. The van der Waals surface area contributed by atoms with Crippen molar-refractivity contribution in [2.45, 2.75) is 95.0 Å². The number of ether oxygens (including phenoxy) is 16. The van der Waals surface area contributed by atoms with Crippen molar-refractivity contribution in [2.75, 3.05) is 201 Å². The predicted octanol–water partition coefficient (Wildman–Crippen LogP) is 5.77. The summed E-state index contributed by atoms with van der Waals surface area (Å²) in [5.74, 6) is 2.65. The molecule has 0 bridgehead atoms. The molecule has 27 nitrogen and oxygen atoms in total. The van der Waals surface area contributed by atoms with Crippen molar-refractivity contribution in [3.63, 3.8) is 0 Å². The SMILES string of the molecule is NCCCCNCCCN.O=C(CCSCCC(=O)OCC1CSC(=S)O1)OCCOCC(COCCOC(=O)CCSCCC(=O)OCC1CSC(=S)O1)(COCCOC(=O)CCSCCC(=O)OCC1CSC(=S)O1)COCCOC(=O)CCSCCC(=O)OCC1CSC(=S)O1. The smallest absolute Gasteiger partial charge is 0.306 e. The summed E-state index contributed by atoms with van der Waals surface area (Å²) in [6, 6.07) is 0. The van der Waals surface area contributed by atoms with Gasteiger partial charge >= 0.3 is 47.8 Å². The summed E-state index contributed by atoms with van der Waals surface area (Å²) < 4.78 is 90.2. The molecule has 4 fully saturated rings. The molecular weight excluding hydrogens is 1530 g/mol. The Hall–Kier alpha value is -2.16. The van der Waals surface area contributed by atoms with Crippen LogP contribution in [0.15, 0.2) is 0 Å². The van der Waals surface area contributed by atoms with Crippen molar-refractivity contribution in [2.24, 2.45) is 16.9 Å². The van der Waals surface area contributed by atoms with E-state index in [4.69, 9.17) is 136 Å². The highest BCUT2D eigenvalue weighted by Crippen LogP contribution is 2.25. The van der Waals surface area contributed by atoms with E-state index in [2.05, 4.69) is 5.32 Å². The second-order valence-electron chi connectivity index (χ2n) is 21.4. The molecule has 4 unspecified atom stereocenters. The fourth-order valence-electron chi connectivity index (χ4n) is 7.77. The lowest BCUT2D eigenvalue weighted by Crippen LogP contribution is -2.43. The first-order chi connectivity index (χ1) is 48.0. The number of carbonyl (C=O) groups is 8. The minimum absolute atomic E-state index is 0.0256. The topological polar surface area (TPSA) is 348 Å². The fraction of sp³-hybridized carbons (Fsp3) is 0.800. The molecule has 4 rings (SSSR count). The third-order valence-corrected chi connectivity index (χ3v) is 22.1. The van der Waals surface area contributed by atoms with Gasteiger partial charge in [-0.1, -0.05) is 47.0 Å². The van der Waals surface area contributed by atoms with Gasteiger partial charge in [-0.2, -0.15) is 47.0 Å². The monoisotopic (exact) mass is 1630 g/mol. The zero-order valence-electron chi connectivity index (χ0n) is 55.6. The zero-order chi connectivity index (χ0) is 71.8. The number of carbonyl (C=O) groups excluding carboxylic acids is 8. The molecular formula is C60H95N3O24S12. The van der Waals surface area contributed by atoms with Gasteiger partial charge in [-0.15, -0.1) is 0 Å². The minimum atomic E-state index is -1.07. The van der Waals surface area contributed by atoms with Gasteiger partial charge in [0, 0.05) is 69.0 Å². The molecule has 5 N–H and O–H groups in total. The molecule has 566 valence electrons. The largest absolute Gasteiger partial charge is 0.471 e. The summed E-state index contributed by atoms with van der Waals surface area (Å²) in [6.45, 7) is 3.53.